The van der Waals surface area contributed by atoms with E-state index in [9.17, 15) is 4.79 Å². The van der Waals surface area contributed by atoms with Gasteiger partial charge in [0.05, 0.1) is 5.56 Å². The Labute approximate surface area is 163 Å². The number of carbonyl (C=O) groups is 1. The van der Waals surface area contributed by atoms with Crippen LogP contribution in [0.2, 0.25) is 10.0 Å². The van der Waals surface area contributed by atoms with Crippen molar-refractivity contribution in [1.29, 1.82) is 0 Å². The molecule has 0 radical (unpaired) electrons. The molecule has 1 fully saturated rings. The molecule has 0 atom stereocenters. The minimum atomic E-state index is -0.382. The van der Waals surface area contributed by atoms with Gasteiger partial charge in [-0.2, -0.15) is 0 Å². The summed E-state index contributed by atoms with van der Waals surface area (Å²) in [5.74, 6) is 0.0556. The lowest BCUT2D eigenvalue weighted by Gasteiger charge is -2.52. The monoisotopic (exact) mass is 389 g/mol. The van der Waals surface area contributed by atoms with Gasteiger partial charge >= 0.3 is 0 Å². The standard InChI is InChI=1S/C20H21Cl2N3O/c1-24-8-6-20(7-9-24)23-18-5-3-2-4-17(18)19(26)25(20)13-14-10-15(21)12-16(22)11-14/h2-5,10-12,23H,6-9,13H2,1H3. The van der Waals surface area contributed by atoms with Gasteiger partial charge in [-0.3, -0.25) is 4.79 Å². The summed E-state index contributed by atoms with van der Waals surface area (Å²) in [7, 11) is 2.12. The molecular formula is C20H21Cl2N3O. The summed E-state index contributed by atoms with van der Waals surface area (Å²) in [6.45, 7) is 2.36. The van der Waals surface area contributed by atoms with Gasteiger partial charge < -0.3 is 15.1 Å². The third kappa shape index (κ3) is 3.18. The highest BCUT2D eigenvalue weighted by atomic mass is 35.5. The van der Waals surface area contributed by atoms with Gasteiger partial charge in [-0.25, -0.2) is 0 Å². The maximum Gasteiger partial charge on any atom is 0.258 e. The molecule has 1 amide bonds. The molecule has 2 aliphatic heterocycles. The minimum Gasteiger partial charge on any atom is -0.362 e. The van der Waals surface area contributed by atoms with Crippen LogP contribution in [-0.2, 0) is 6.54 Å². The van der Waals surface area contributed by atoms with E-state index in [1.165, 1.54) is 0 Å². The number of para-hydroxylation sites is 1. The van der Waals surface area contributed by atoms with E-state index < -0.39 is 0 Å². The quantitative estimate of drug-likeness (QED) is 0.821. The van der Waals surface area contributed by atoms with Crippen molar-refractivity contribution in [2.45, 2.75) is 25.0 Å². The molecule has 0 saturated carbocycles. The molecule has 2 aromatic carbocycles. The molecule has 0 aromatic heterocycles. The van der Waals surface area contributed by atoms with Gasteiger partial charge in [-0.1, -0.05) is 35.3 Å². The first-order valence-corrected chi connectivity index (χ1v) is 9.55. The first-order chi connectivity index (χ1) is 12.5. The first kappa shape index (κ1) is 17.7. The highest BCUT2D eigenvalue weighted by molar-refractivity contribution is 6.34. The Morgan fingerprint density at radius 2 is 1.73 bits per heavy atom. The summed E-state index contributed by atoms with van der Waals surface area (Å²) in [5.41, 5.74) is 2.19. The van der Waals surface area contributed by atoms with Gasteiger partial charge in [0.25, 0.3) is 5.91 Å². The molecule has 1 N–H and O–H groups in total. The van der Waals surface area contributed by atoms with E-state index in [4.69, 9.17) is 23.2 Å². The average Bonchev–Trinajstić information content (AvgIpc) is 2.60. The van der Waals surface area contributed by atoms with E-state index in [0.29, 0.717) is 22.2 Å². The third-order valence-electron chi connectivity index (χ3n) is 5.36. The van der Waals surface area contributed by atoms with Crippen molar-refractivity contribution in [3.05, 3.63) is 63.6 Å². The van der Waals surface area contributed by atoms with Crippen LogP contribution in [0.1, 0.15) is 28.8 Å². The molecule has 0 unspecified atom stereocenters. The van der Waals surface area contributed by atoms with Crippen LogP contribution < -0.4 is 5.32 Å². The van der Waals surface area contributed by atoms with E-state index in [1.54, 1.807) is 6.07 Å². The Morgan fingerprint density at radius 1 is 1.08 bits per heavy atom. The molecule has 2 aliphatic rings. The molecule has 26 heavy (non-hydrogen) atoms. The van der Waals surface area contributed by atoms with Gasteiger partial charge in [-0.15, -0.1) is 0 Å². The number of likely N-dealkylation sites (tertiary alicyclic amines) is 1. The third-order valence-corrected chi connectivity index (χ3v) is 5.80. The van der Waals surface area contributed by atoms with E-state index >= 15 is 0 Å². The summed E-state index contributed by atoms with van der Waals surface area (Å²) in [6, 6.07) is 13.2. The van der Waals surface area contributed by atoms with Crippen molar-refractivity contribution in [2.24, 2.45) is 0 Å². The van der Waals surface area contributed by atoms with E-state index in [2.05, 4.69) is 17.3 Å². The average molecular weight is 390 g/mol. The van der Waals surface area contributed by atoms with Crippen LogP contribution in [0.4, 0.5) is 5.69 Å². The van der Waals surface area contributed by atoms with Crippen molar-refractivity contribution in [3.8, 4) is 0 Å². The summed E-state index contributed by atoms with van der Waals surface area (Å²) in [6.07, 6.45) is 1.75. The molecule has 6 heteroatoms. The maximum atomic E-state index is 13.4. The smallest absolute Gasteiger partial charge is 0.258 e. The number of nitrogens with zero attached hydrogens (tertiary/aromatic N) is 2. The van der Waals surface area contributed by atoms with Gasteiger partial charge in [0.2, 0.25) is 0 Å². The fourth-order valence-electron chi connectivity index (χ4n) is 3.93. The van der Waals surface area contributed by atoms with Crippen molar-refractivity contribution in [2.75, 3.05) is 25.5 Å². The molecule has 4 nitrogen and oxygen atoms in total. The van der Waals surface area contributed by atoms with Crippen molar-refractivity contribution in [3.63, 3.8) is 0 Å². The topological polar surface area (TPSA) is 35.6 Å². The van der Waals surface area contributed by atoms with Gasteiger partial charge in [0.15, 0.2) is 0 Å². The Hall–Kier alpha value is -1.75. The normalized spacial score (nSPS) is 19.3. The summed E-state index contributed by atoms with van der Waals surface area (Å²) < 4.78 is 0. The number of nitrogens with one attached hydrogen (secondary N) is 1. The number of hydrogen-bond acceptors (Lipinski definition) is 3. The predicted molar refractivity (Wildman–Crippen MR) is 106 cm³/mol. The van der Waals surface area contributed by atoms with Gasteiger partial charge in [0.1, 0.15) is 5.66 Å². The number of carbonyl (C=O) groups excluding carboxylic acids is 1. The number of piperidine rings is 1. The van der Waals surface area contributed by atoms with Crippen molar-refractivity contribution < 1.29 is 4.79 Å². The molecule has 2 aromatic rings. The Morgan fingerprint density at radius 3 is 2.42 bits per heavy atom. The molecule has 0 aliphatic carbocycles. The fraction of sp³-hybridized carbons (Fsp3) is 0.350. The Balaban J connectivity index is 1.74. The molecule has 4 rings (SSSR count). The lowest BCUT2D eigenvalue weighted by atomic mass is 9.89. The second-order valence-corrected chi connectivity index (χ2v) is 8.05. The van der Waals surface area contributed by atoms with Crippen molar-refractivity contribution in [1.82, 2.24) is 9.80 Å². The Kier molecular flexibility index (Phi) is 4.59. The molecule has 0 bridgehead atoms. The molecule has 1 saturated heterocycles. The number of anilines is 1. The van der Waals surface area contributed by atoms with Crippen LogP contribution in [0.15, 0.2) is 42.5 Å². The van der Waals surface area contributed by atoms with Crippen LogP contribution in [-0.4, -0.2) is 41.5 Å². The lowest BCUT2D eigenvalue weighted by Crippen LogP contribution is -2.63. The number of halogens is 2. The SMILES string of the molecule is CN1CCC2(CC1)Nc1ccccc1C(=O)N2Cc1cc(Cl)cc(Cl)c1. The fourth-order valence-corrected chi connectivity index (χ4v) is 4.50. The van der Waals surface area contributed by atoms with Crippen LogP contribution in [0.25, 0.3) is 0 Å². The number of hydrogen-bond donors (Lipinski definition) is 1. The summed E-state index contributed by atoms with van der Waals surface area (Å²) >= 11 is 12.3. The van der Waals surface area contributed by atoms with Gasteiger partial charge in [-0.05, 0) is 42.9 Å². The number of amides is 1. The van der Waals surface area contributed by atoms with Gasteiger partial charge in [0, 0.05) is 48.2 Å². The maximum absolute atomic E-state index is 13.4. The highest BCUT2D eigenvalue weighted by Crippen LogP contribution is 2.38. The number of rotatable bonds is 2. The molecule has 1 spiro atoms. The van der Waals surface area contributed by atoms with E-state index in [1.807, 2.05) is 41.3 Å². The zero-order chi connectivity index (χ0) is 18.3. The molecular weight excluding hydrogens is 369 g/mol. The van der Waals surface area contributed by atoms with E-state index in [-0.39, 0.29) is 11.6 Å². The van der Waals surface area contributed by atoms with Crippen LogP contribution in [0.5, 0.6) is 0 Å². The zero-order valence-corrected chi connectivity index (χ0v) is 16.1. The second-order valence-electron chi connectivity index (χ2n) is 7.17. The van der Waals surface area contributed by atoms with Crippen molar-refractivity contribution >= 4 is 34.8 Å². The highest BCUT2D eigenvalue weighted by Gasteiger charge is 2.45. The predicted octanol–water partition coefficient (Wildman–Crippen LogP) is 4.48. The van der Waals surface area contributed by atoms with Crippen LogP contribution in [0.3, 0.4) is 0 Å². The molecule has 136 valence electrons. The summed E-state index contributed by atoms with van der Waals surface area (Å²) in [4.78, 5) is 17.6. The van der Waals surface area contributed by atoms with E-state index in [0.717, 1.165) is 37.2 Å². The second kappa shape index (κ2) is 6.76. The zero-order valence-electron chi connectivity index (χ0n) is 14.6. The van der Waals surface area contributed by atoms with Crippen LogP contribution in [0, 0.1) is 0 Å². The number of benzene rings is 2. The lowest BCUT2D eigenvalue weighted by molar-refractivity contribution is 0.0270. The minimum absolute atomic E-state index is 0.0556. The first-order valence-electron chi connectivity index (χ1n) is 8.80. The molecule has 2 heterocycles. The van der Waals surface area contributed by atoms with Crippen LogP contribution >= 0.6 is 23.2 Å². The number of fused-ring (bicyclic) bond motifs is 1. The largest absolute Gasteiger partial charge is 0.362 e. The Bertz CT molecular complexity index is 826. The summed E-state index contributed by atoms with van der Waals surface area (Å²) in [5, 5.41) is 4.85.